The molecule has 2 aliphatic rings. The van der Waals surface area contributed by atoms with Crippen LogP contribution in [0.15, 0.2) is 24.3 Å². The van der Waals surface area contributed by atoms with Gasteiger partial charge in [0.15, 0.2) is 0 Å². The van der Waals surface area contributed by atoms with Crippen LogP contribution in [0.5, 0.6) is 5.75 Å². The van der Waals surface area contributed by atoms with Gasteiger partial charge in [-0.2, -0.15) is 0 Å². The summed E-state index contributed by atoms with van der Waals surface area (Å²) in [6.07, 6.45) is 5.29. The topological polar surface area (TPSA) is 64.3 Å². The van der Waals surface area contributed by atoms with Crippen molar-refractivity contribution in [2.75, 3.05) is 13.2 Å². The Balaban J connectivity index is 1.50. The van der Waals surface area contributed by atoms with E-state index in [0.29, 0.717) is 18.6 Å². The summed E-state index contributed by atoms with van der Waals surface area (Å²) in [6.45, 7) is 1.23. The SMILES string of the molecule is NC1CCCC(CNC(=O)C2COc3ccccc3C2)C1. The maximum absolute atomic E-state index is 12.3. The number of para-hydroxylation sites is 1. The van der Waals surface area contributed by atoms with Gasteiger partial charge in [-0.1, -0.05) is 24.6 Å². The second kappa shape index (κ2) is 6.48. The van der Waals surface area contributed by atoms with E-state index in [1.165, 1.54) is 12.8 Å². The molecular weight excluding hydrogens is 264 g/mol. The largest absolute Gasteiger partial charge is 0.492 e. The molecule has 1 aromatic carbocycles. The molecule has 3 atom stereocenters. The van der Waals surface area contributed by atoms with E-state index >= 15 is 0 Å². The predicted molar refractivity (Wildman–Crippen MR) is 82.1 cm³/mol. The first-order valence-electron chi connectivity index (χ1n) is 7.96. The number of carbonyl (C=O) groups is 1. The first-order chi connectivity index (χ1) is 10.2. The second-order valence-electron chi connectivity index (χ2n) is 6.36. The summed E-state index contributed by atoms with van der Waals surface area (Å²) in [5, 5.41) is 3.10. The number of benzene rings is 1. The number of nitrogens with one attached hydrogen (secondary N) is 1. The van der Waals surface area contributed by atoms with Crippen LogP contribution in [0.4, 0.5) is 0 Å². The minimum absolute atomic E-state index is 0.0721. The quantitative estimate of drug-likeness (QED) is 0.892. The van der Waals surface area contributed by atoms with E-state index in [1.54, 1.807) is 0 Å². The average Bonchev–Trinajstić information content (AvgIpc) is 2.52. The highest BCUT2D eigenvalue weighted by Crippen LogP contribution is 2.27. The molecule has 0 bridgehead atoms. The Labute approximate surface area is 126 Å². The number of hydrogen-bond acceptors (Lipinski definition) is 3. The van der Waals surface area contributed by atoms with Gasteiger partial charge in [-0.25, -0.2) is 0 Å². The van der Waals surface area contributed by atoms with Crippen molar-refractivity contribution >= 4 is 5.91 Å². The third-order valence-electron chi connectivity index (χ3n) is 4.64. The number of amides is 1. The molecule has 3 unspecified atom stereocenters. The van der Waals surface area contributed by atoms with E-state index in [0.717, 1.165) is 37.1 Å². The Morgan fingerprint density at radius 3 is 3.05 bits per heavy atom. The normalized spacial score (nSPS) is 28.3. The van der Waals surface area contributed by atoms with Crippen LogP contribution in [0.2, 0.25) is 0 Å². The Bertz CT molecular complexity index is 503. The summed E-state index contributed by atoms with van der Waals surface area (Å²) >= 11 is 0. The minimum Gasteiger partial charge on any atom is -0.492 e. The first-order valence-corrected chi connectivity index (χ1v) is 7.96. The lowest BCUT2D eigenvalue weighted by atomic mass is 9.86. The fourth-order valence-electron chi connectivity index (χ4n) is 3.40. The molecule has 114 valence electrons. The number of ether oxygens (including phenoxy) is 1. The maximum atomic E-state index is 12.3. The molecule has 3 rings (SSSR count). The van der Waals surface area contributed by atoms with Crippen LogP contribution >= 0.6 is 0 Å². The highest BCUT2D eigenvalue weighted by atomic mass is 16.5. The standard InChI is InChI=1S/C17H24N2O2/c18-15-6-3-4-12(8-15)10-19-17(20)14-9-13-5-1-2-7-16(13)21-11-14/h1-2,5,7,12,14-15H,3-4,6,8-11,18H2,(H,19,20). The van der Waals surface area contributed by atoms with Crippen molar-refractivity contribution in [1.82, 2.24) is 5.32 Å². The van der Waals surface area contributed by atoms with E-state index < -0.39 is 0 Å². The van der Waals surface area contributed by atoms with Crippen molar-refractivity contribution in [3.8, 4) is 5.75 Å². The van der Waals surface area contributed by atoms with Gasteiger partial charge >= 0.3 is 0 Å². The van der Waals surface area contributed by atoms with E-state index in [9.17, 15) is 4.79 Å². The lowest BCUT2D eigenvalue weighted by Crippen LogP contribution is -2.41. The summed E-state index contributed by atoms with van der Waals surface area (Å²) in [7, 11) is 0. The highest BCUT2D eigenvalue weighted by molar-refractivity contribution is 5.79. The van der Waals surface area contributed by atoms with E-state index in [4.69, 9.17) is 10.5 Å². The van der Waals surface area contributed by atoms with Crippen LogP contribution in [0.1, 0.15) is 31.2 Å². The smallest absolute Gasteiger partial charge is 0.226 e. The molecule has 0 aromatic heterocycles. The van der Waals surface area contributed by atoms with Gasteiger partial charge in [0.2, 0.25) is 5.91 Å². The summed E-state index contributed by atoms with van der Waals surface area (Å²) in [5.41, 5.74) is 7.12. The third kappa shape index (κ3) is 3.56. The highest BCUT2D eigenvalue weighted by Gasteiger charge is 2.27. The molecule has 1 heterocycles. The summed E-state index contributed by atoms with van der Waals surface area (Å²) in [5.74, 6) is 1.50. The second-order valence-corrected chi connectivity index (χ2v) is 6.36. The Kier molecular flexibility index (Phi) is 4.44. The number of fused-ring (bicyclic) bond motifs is 1. The van der Waals surface area contributed by atoms with Crippen LogP contribution < -0.4 is 15.8 Å². The van der Waals surface area contributed by atoms with E-state index in [1.807, 2.05) is 24.3 Å². The van der Waals surface area contributed by atoms with Gasteiger partial charge in [0.05, 0.1) is 5.92 Å². The zero-order chi connectivity index (χ0) is 14.7. The molecule has 1 aromatic rings. The number of hydrogen-bond donors (Lipinski definition) is 2. The van der Waals surface area contributed by atoms with Gasteiger partial charge in [0.1, 0.15) is 12.4 Å². The molecule has 4 heteroatoms. The molecule has 1 fully saturated rings. The van der Waals surface area contributed by atoms with Crippen molar-refractivity contribution in [3.05, 3.63) is 29.8 Å². The molecule has 0 spiro atoms. The van der Waals surface area contributed by atoms with Crippen molar-refractivity contribution in [2.45, 2.75) is 38.1 Å². The van der Waals surface area contributed by atoms with E-state index in [-0.39, 0.29) is 11.8 Å². The molecule has 4 nitrogen and oxygen atoms in total. The van der Waals surface area contributed by atoms with Gasteiger partial charge in [0.25, 0.3) is 0 Å². The fraction of sp³-hybridized carbons (Fsp3) is 0.588. The van der Waals surface area contributed by atoms with Gasteiger partial charge in [-0.3, -0.25) is 4.79 Å². The monoisotopic (exact) mass is 288 g/mol. The summed E-state index contributed by atoms with van der Waals surface area (Å²) in [4.78, 5) is 12.3. The Morgan fingerprint density at radius 2 is 2.19 bits per heavy atom. The van der Waals surface area contributed by atoms with E-state index in [2.05, 4.69) is 5.32 Å². The number of nitrogens with two attached hydrogens (primary N) is 1. The van der Waals surface area contributed by atoms with Gasteiger partial charge in [0, 0.05) is 12.6 Å². The zero-order valence-corrected chi connectivity index (χ0v) is 12.4. The molecule has 1 saturated carbocycles. The van der Waals surface area contributed by atoms with Crippen LogP contribution in [-0.2, 0) is 11.2 Å². The van der Waals surface area contributed by atoms with Crippen molar-refractivity contribution in [1.29, 1.82) is 0 Å². The van der Waals surface area contributed by atoms with Crippen LogP contribution in [-0.4, -0.2) is 25.1 Å². The van der Waals surface area contributed by atoms with Crippen molar-refractivity contribution < 1.29 is 9.53 Å². The van der Waals surface area contributed by atoms with Gasteiger partial charge in [-0.15, -0.1) is 0 Å². The maximum Gasteiger partial charge on any atom is 0.226 e. The number of rotatable bonds is 3. The predicted octanol–water partition coefficient (Wildman–Crippen LogP) is 1.87. The third-order valence-corrected chi connectivity index (χ3v) is 4.64. The fourth-order valence-corrected chi connectivity index (χ4v) is 3.40. The molecule has 0 radical (unpaired) electrons. The lowest BCUT2D eigenvalue weighted by molar-refractivity contribution is -0.126. The average molecular weight is 288 g/mol. The summed E-state index contributed by atoms with van der Waals surface area (Å²) in [6, 6.07) is 8.27. The lowest BCUT2D eigenvalue weighted by Gasteiger charge is -2.28. The first kappa shape index (κ1) is 14.4. The van der Waals surface area contributed by atoms with Crippen LogP contribution in [0, 0.1) is 11.8 Å². The number of carbonyl (C=O) groups excluding carboxylic acids is 1. The molecule has 3 N–H and O–H groups in total. The van der Waals surface area contributed by atoms with Crippen molar-refractivity contribution in [3.63, 3.8) is 0 Å². The van der Waals surface area contributed by atoms with Gasteiger partial charge < -0.3 is 15.8 Å². The van der Waals surface area contributed by atoms with Crippen LogP contribution in [0.3, 0.4) is 0 Å². The molecule has 0 saturated heterocycles. The van der Waals surface area contributed by atoms with Gasteiger partial charge in [-0.05, 0) is 43.2 Å². The molecule has 1 amide bonds. The van der Waals surface area contributed by atoms with Crippen molar-refractivity contribution in [2.24, 2.45) is 17.6 Å². The minimum atomic E-state index is -0.0721. The zero-order valence-electron chi connectivity index (χ0n) is 12.4. The molecular formula is C17H24N2O2. The molecule has 1 aliphatic carbocycles. The molecule has 1 aliphatic heterocycles. The molecule has 21 heavy (non-hydrogen) atoms. The Morgan fingerprint density at radius 1 is 1.33 bits per heavy atom. The Hall–Kier alpha value is -1.55. The van der Waals surface area contributed by atoms with Crippen LogP contribution in [0.25, 0.3) is 0 Å². The summed E-state index contributed by atoms with van der Waals surface area (Å²) < 4.78 is 5.69.